The van der Waals surface area contributed by atoms with Gasteiger partial charge in [0.15, 0.2) is 5.76 Å². The minimum absolute atomic E-state index is 0.0285. The van der Waals surface area contributed by atoms with E-state index < -0.39 is 23.7 Å². The van der Waals surface area contributed by atoms with Crippen LogP contribution in [0.2, 0.25) is 0 Å². The van der Waals surface area contributed by atoms with Gasteiger partial charge in [0, 0.05) is 24.8 Å². The number of nitrogens with one attached hydrogen (secondary N) is 3. The van der Waals surface area contributed by atoms with Crippen LogP contribution in [-0.4, -0.2) is 42.5 Å². The summed E-state index contributed by atoms with van der Waals surface area (Å²) in [5.74, 6) is -0.704. The quantitative estimate of drug-likeness (QED) is 0.673. The number of hydrogen-bond acceptors (Lipinski definition) is 4. The lowest BCUT2D eigenvalue weighted by atomic mass is 10.1. The number of alkyl halides is 3. The van der Waals surface area contributed by atoms with Crippen molar-refractivity contribution in [2.24, 2.45) is 0 Å². The third-order valence-electron chi connectivity index (χ3n) is 4.95. The molecule has 10 heteroatoms. The number of hydrogen-bond donors (Lipinski definition) is 3. The Hall–Kier alpha value is -3.01. The van der Waals surface area contributed by atoms with E-state index in [0.717, 1.165) is 44.6 Å². The van der Waals surface area contributed by atoms with Gasteiger partial charge < -0.3 is 25.3 Å². The van der Waals surface area contributed by atoms with Gasteiger partial charge in [0.25, 0.3) is 5.91 Å². The van der Waals surface area contributed by atoms with Gasteiger partial charge in [-0.2, -0.15) is 13.2 Å². The molecule has 3 N–H and O–H groups in total. The number of benzene rings is 1. The maximum atomic E-state index is 13.5. The molecule has 0 unspecified atom stereocenters. The Kier molecular flexibility index (Phi) is 6.66. The highest BCUT2D eigenvalue weighted by molar-refractivity contribution is 6.02. The SMILES string of the molecule is CCN1CCC(NC(=O)Nc2ccc(NC(=O)c3ccco3)cc2C(F)(F)F)CC1. The number of rotatable bonds is 5. The normalized spacial score (nSPS) is 15.6. The third kappa shape index (κ3) is 5.53. The van der Waals surface area contributed by atoms with E-state index in [-0.39, 0.29) is 23.2 Å². The Labute approximate surface area is 171 Å². The van der Waals surface area contributed by atoms with Crippen molar-refractivity contribution in [1.29, 1.82) is 0 Å². The molecule has 0 spiro atoms. The van der Waals surface area contributed by atoms with Gasteiger partial charge in [0.05, 0.1) is 17.5 Å². The average molecular weight is 424 g/mol. The molecule has 7 nitrogen and oxygen atoms in total. The second-order valence-electron chi connectivity index (χ2n) is 7.00. The third-order valence-corrected chi connectivity index (χ3v) is 4.95. The molecular formula is C20H23F3N4O3. The first kappa shape index (κ1) is 21.7. The van der Waals surface area contributed by atoms with Crippen LogP contribution >= 0.6 is 0 Å². The van der Waals surface area contributed by atoms with Crippen LogP contribution in [-0.2, 0) is 6.18 Å². The van der Waals surface area contributed by atoms with Gasteiger partial charge in [0.1, 0.15) is 0 Å². The van der Waals surface area contributed by atoms with Gasteiger partial charge in [0.2, 0.25) is 0 Å². The second-order valence-corrected chi connectivity index (χ2v) is 7.00. The molecule has 1 aliphatic heterocycles. The molecule has 0 saturated carbocycles. The van der Waals surface area contributed by atoms with Crippen LogP contribution in [0.15, 0.2) is 41.0 Å². The summed E-state index contributed by atoms with van der Waals surface area (Å²) >= 11 is 0. The average Bonchev–Trinajstić information content (AvgIpc) is 3.24. The number of carbonyl (C=O) groups excluding carboxylic acids is 2. The van der Waals surface area contributed by atoms with Crippen LogP contribution in [0, 0.1) is 0 Å². The molecular weight excluding hydrogens is 401 g/mol. The van der Waals surface area contributed by atoms with Gasteiger partial charge in [-0.05, 0) is 49.7 Å². The number of urea groups is 1. The van der Waals surface area contributed by atoms with Gasteiger partial charge in [-0.25, -0.2) is 4.79 Å². The molecule has 30 heavy (non-hydrogen) atoms. The predicted molar refractivity (Wildman–Crippen MR) is 105 cm³/mol. The van der Waals surface area contributed by atoms with Crippen molar-refractivity contribution >= 4 is 23.3 Å². The van der Waals surface area contributed by atoms with Gasteiger partial charge in [-0.1, -0.05) is 6.92 Å². The van der Waals surface area contributed by atoms with Gasteiger partial charge in [-0.3, -0.25) is 4.79 Å². The fourth-order valence-corrected chi connectivity index (χ4v) is 3.30. The number of furan rings is 1. The number of likely N-dealkylation sites (tertiary alicyclic amines) is 1. The molecule has 0 atom stereocenters. The number of amides is 3. The summed E-state index contributed by atoms with van der Waals surface area (Å²) in [5, 5.41) is 7.36. The summed E-state index contributed by atoms with van der Waals surface area (Å²) in [4.78, 5) is 26.5. The molecule has 2 heterocycles. The van der Waals surface area contributed by atoms with Crippen LogP contribution in [0.3, 0.4) is 0 Å². The lowest BCUT2D eigenvalue weighted by Crippen LogP contribution is -2.45. The first-order valence-corrected chi connectivity index (χ1v) is 9.62. The molecule has 3 amide bonds. The van der Waals surface area contributed by atoms with Crippen LogP contribution in [0.1, 0.15) is 35.9 Å². The zero-order chi connectivity index (χ0) is 21.7. The van der Waals surface area contributed by atoms with Crippen molar-refractivity contribution in [2.75, 3.05) is 30.3 Å². The van der Waals surface area contributed by atoms with E-state index in [9.17, 15) is 22.8 Å². The lowest BCUT2D eigenvalue weighted by Gasteiger charge is -2.31. The molecule has 2 aromatic rings. The standard InChI is InChI=1S/C20H23F3N4O3/c1-2-27-9-7-13(8-10-27)25-19(29)26-16-6-5-14(12-15(16)20(21,22)23)24-18(28)17-4-3-11-30-17/h3-6,11-13H,2,7-10H2,1H3,(H,24,28)(H2,25,26,29). The predicted octanol–water partition coefficient (Wildman–Crippen LogP) is 4.16. The molecule has 1 aromatic heterocycles. The van der Waals surface area contributed by atoms with Gasteiger partial charge >= 0.3 is 12.2 Å². The Balaban J connectivity index is 1.68. The zero-order valence-corrected chi connectivity index (χ0v) is 16.4. The van der Waals surface area contributed by atoms with Crippen LogP contribution in [0.5, 0.6) is 0 Å². The monoisotopic (exact) mass is 424 g/mol. The maximum absolute atomic E-state index is 13.5. The number of piperidine rings is 1. The van der Waals surface area contributed by atoms with Crippen molar-refractivity contribution < 1.29 is 27.2 Å². The number of anilines is 2. The number of carbonyl (C=O) groups is 2. The molecule has 0 aliphatic carbocycles. The van der Waals surface area contributed by atoms with Crippen LogP contribution < -0.4 is 16.0 Å². The van der Waals surface area contributed by atoms with E-state index in [1.807, 2.05) is 0 Å². The van der Waals surface area contributed by atoms with Crippen LogP contribution in [0.4, 0.5) is 29.3 Å². The van der Waals surface area contributed by atoms with E-state index in [2.05, 4.69) is 27.8 Å². The fraction of sp³-hybridized carbons (Fsp3) is 0.400. The summed E-state index contributed by atoms with van der Waals surface area (Å²) in [6.45, 7) is 4.65. The topological polar surface area (TPSA) is 86.6 Å². The first-order chi connectivity index (χ1) is 14.3. The molecule has 3 rings (SSSR count). The van der Waals surface area contributed by atoms with Crippen molar-refractivity contribution in [3.05, 3.63) is 47.9 Å². The van der Waals surface area contributed by atoms with E-state index in [1.165, 1.54) is 24.5 Å². The van der Waals surface area contributed by atoms with E-state index in [4.69, 9.17) is 4.42 Å². The van der Waals surface area contributed by atoms with Crippen molar-refractivity contribution in [3.8, 4) is 0 Å². The summed E-state index contributed by atoms with van der Waals surface area (Å²) in [7, 11) is 0. The Bertz CT molecular complexity index is 876. The molecule has 0 bridgehead atoms. The molecule has 1 aliphatic rings. The minimum atomic E-state index is -4.72. The smallest absolute Gasteiger partial charge is 0.418 e. The van der Waals surface area contributed by atoms with Crippen molar-refractivity contribution in [3.63, 3.8) is 0 Å². The second kappa shape index (κ2) is 9.21. The first-order valence-electron chi connectivity index (χ1n) is 9.62. The Morgan fingerprint density at radius 2 is 1.90 bits per heavy atom. The summed E-state index contributed by atoms with van der Waals surface area (Å²) in [6, 6.07) is 5.28. The van der Waals surface area contributed by atoms with Gasteiger partial charge in [-0.15, -0.1) is 0 Å². The minimum Gasteiger partial charge on any atom is -0.459 e. The fourth-order valence-electron chi connectivity index (χ4n) is 3.30. The molecule has 0 radical (unpaired) electrons. The number of halogens is 3. The van der Waals surface area contributed by atoms with Crippen LogP contribution in [0.25, 0.3) is 0 Å². The molecule has 162 valence electrons. The zero-order valence-electron chi connectivity index (χ0n) is 16.4. The summed E-state index contributed by atoms with van der Waals surface area (Å²) < 4.78 is 45.5. The summed E-state index contributed by atoms with van der Waals surface area (Å²) in [5.41, 5.74) is -1.51. The van der Waals surface area contributed by atoms with E-state index in [1.54, 1.807) is 0 Å². The Morgan fingerprint density at radius 3 is 2.50 bits per heavy atom. The Morgan fingerprint density at radius 1 is 1.17 bits per heavy atom. The number of nitrogens with zero attached hydrogens (tertiary/aromatic N) is 1. The van der Waals surface area contributed by atoms with Crippen molar-refractivity contribution in [2.45, 2.75) is 32.0 Å². The maximum Gasteiger partial charge on any atom is 0.418 e. The largest absolute Gasteiger partial charge is 0.459 e. The molecule has 1 fully saturated rings. The van der Waals surface area contributed by atoms with Crippen molar-refractivity contribution in [1.82, 2.24) is 10.2 Å². The molecule has 1 aromatic carbocycles. The highest BCUT2D eigenvalue weighted by Gasteiger charge is 2.34. The highest BCUT2D eigenvalue weighted by Crippen LogP contribution is 2.36. The lowest BCUT2D eigenvalue weighted by molar-refractivity contribution is -0.136. The molecule has 1 saturated heterocycles. The summed E-state index contributed by atoms with van der Waals surface area (Å²) in [6.07, 6.45) is -1.95. The highest BCUT2D eigenvalue weighted by atomic mass is 19.4. The van der Waals surface area contributed by atoms with E-state index >= 15 is 0 Å². The van der Waals surface area contributed by atoms with E-state index in [0.29, 0.717) is 0 Å².